The van der Waals surface area contributed by atoms with Gasteiger partial charge in [-0.25, -0.2) is 0 Å². The van der Waals surface area contributed by atoms with Crippen LogP contribution in [0.4, 0.5) is 0 Å². The zero-order valence-corrected chi connectivity index (χ0v) is 27.2. The molecular formula is C44H24N2S2. The first-order chi connectivity index (χ1) is 23.8. The predicted octanol–water partition coefficient (Wildman–Crippen LogP) is 13.1. The molecule has 0 aliphatic rings. The second-order valence-electron chi connectivity index (χ2n) is 12.9. The zero-order valence-electron chi connectivity index (χ0n) is 25.6. The zero-order chi connectivity index (χ0) is 31.1. The molecule has 0 saturated carbocycles. The topological polar surface area (TPSA) is 8.82 Å². The van der Waals surface area contributed by atoms with Crippen molar-refractivity contribution in [3.8, 4) is 31.3 Å². The molecule has 2 nitrogen and oxygen atoms in total. The van der Waals surface area contributed by atoms with Crippen molar-refractivity contribution in [3.63, 3.8) is 0 Å². The highest BCUT2D eigenvalue weighted by Gasteiger charge is 2.26. The van der Waals surface area contributed by atoms with Gasteiger partial charge in [-0.3, -0.25) is 0 Å². The second kappa shape index (κ2) is 9.02. The van der Waals surface area contributed by atoms with Crippen LogP contribution in [0.1, 0.15) is 0 Å². The summed E-state index contributed by atoms with van der Waals surface area (Å²) in [5, 5.41) is 9.32. The Labute approximate surface area is 282 Å². The highest BCUT2D eigenvalue weighted by molar-refractivity contribution is 7.23. The third kappa shape index (κ3) is 3.08. The van der Waals surface area contributed by atoms with Gasteiger partial charge >= 0.3 is 0 Å². The summed E-state index contributed by atoms with van der Waals surface area (Å²) in [7, 11) is 0. The van der Waals surface area contributed by atoms with Gasteiger partial charge in [0.2, 0.25) is 0 Å². The minimum Gasteiger partial charge on any atom is -0.307 e. The lowest BCUT2D eigenvalue weighted by molar-refractivity contribution is 1.37. The molecule has 6 aromatic heterocycles. The first kappa shape index (κ1) is 25.4. The fraction of sp³-hybridized carbons (Fsp3) is 0. The van der Waals surface area contributed by atoms with E-state index in [1.807, 2.05) is 22.7 Å². The fourth-order valence-electron chi connectivity index (χ4n) is 8.45. The molecule has 0 saturated heterocycles. The lowest BCUT2D eigenvalue weighted by Crippen LogP contribution is -1.82. The van der Waals surface area contributed by atoms with Crippen molar-refractivity contribution >= 4 is 98.2 Å². The summed E-state index contributed by atoms with van der Waals surface area (Å²) in [6, 6.07) is 53.8. The van der Waals surface area contributed by atoms with Crippen LogP contribution in [0.5, 0.6) is 0 Å². The molecule has 0 bridgehead atoms. The average Bonchev–Trinajstić information content (AvgIpc) is 3.98. The SMILES string of the molecule is c1ccc(-c2sc(-c3ccccc3)c3c2c2cccc4c5cc(-c6cc7c(s6)c6cccc8c9ccccc9n7c86)ccc5n3c42)cc1. The molecule has 0 spiro atoms. The van der Waals surface area contributed by atoms with Gasteiger partial charge < -0.3 is 8.80 Å². The largest absolute Gasteiger partial charge is 0.307 e. The van der Waals surface area contributed by atoms with Crippen LogP contribution in [0.15, 0.2) is 146 Å². The summed E-state index contributed by atoms with van der Waals surface area (Å²) in [6.07, 6.45) is 0. The lowest BCUT2D eigenvalue weighted by Gasteiger charge is -2.02. The summed E-state index contributed by atoms with van der Waals surface area (Å²) < 4.78 is 6.40. The number of nitrogens with zero attached hydrogens (tertiary/aromatic N) is 2. The van der Waals surface area contributed by atoms with Gasteiger partial charge in [-0.1, -0.05) is 121 Å². The molecule has 12 aromatic rings. The van der Waals surface area contributed by atoms with Crippen molar-refractivity contribution in [1.29, 1.82) is 0 Å². The van der Waals surface area contributed by atoms with E-state index >= 15 is 0 Å². The van der Waals surface area contributed by atoms with Crippen molar-refractivity contribution in [1.82, 2.24) is 8.80 Å². The normalized spacial score (nSPS) is 12.6. The molecule has 0 unspecified atom stereocenters. The molecule has 0 amide bonds. The number of hydrogen-bond donors (Lipinski definition) is 0. The van der Waals surface area contributed by atoms with Gasteiger partial charge in [0.05, 0.1) is 42.7 Å². The highest BCUT2D eigenvalue weighted by Crippen LogP contribution is 2.51. The standard InChI is InChI=1S/C44H24N2S2/c1-3-11-25(12-4-1)42-38-31-18-9-17-30-33-23-27(21-22-35(33)46(39(30)31)41(38)43(48-42)26-13-5-2-6-14-26)37-24-36-44(47-37)32-19-10-16-29-28-15-7-8-20-34(28)45(36)40(29)32/h1-24H. The molecule has 6 heterocycles. The lowest BCUT2D eigenvalue weighted by atomic mass is 10.0. The minimum atomic E-state index is 1.26. The summed E-state index contributed by atoms with van der Waals surface area (Å²) >= 11 is 3.83. The van der Waals surface area contributed by atoms with Gasteiger partial charge in [-0.2, -0.15) is 0 Å². The highest BCUT2D eigenvalue weighted by atomic mass is 32.1. The smallest absolute Gasteiger partial charge is 0.0734 e. The first-order valence-electron chi connectivity index (χ1n) is 16.4. The van der Waals surface area contributed by atoms with Gasteiger partial charge in [-0.05, 0) is 41.0 Å². The van der Waals surface area contributed by atoms with Crippen molar-refractivity contribution in [2.75, 3.05) is 0 Å². The van der Waals surface area contributed by atoms with E-state index in [0.717, 1.165) is 0 Å². The van der Waals surface area contributed by atoms with Crippen LogP contribution in [-0.4, -0.2) is 8.80 Å². The molecule has 0 N–H and O–H groups in total. The molecule has 6 aromatic carbocycles. The maximum Gasteiger partial charge on any atom is 0.0734 e. The van der Waals surface area contributed by atoms with Gasteiger partial charge in [-0.15, -0.1) is 22.7 Å². The molecule has 0 fully saturated rings. The van der Waals surface area contributed by atoms with Crippen LogP contribution in [0, 0.1) is 0 Å². The van der Waals surface area contributed by atoms with E-state index < -0.39 is 0 Å². The Morgan fingerprint density at radius 1 is 0.354 bits per heavy atom. The number of benzene rings is 6. The number of thiophene rings is 2. The molecule has 0 radical (unpaired) electrons. The van der Waals surface area contributed by atoms with Crippen LogP contribution in [0.2, 0.25) is 0 Å². The summed E-state index contributed by atoms with van der Waals surface area (Å²) in [6.45, 7) is 0. The van der Waals surface area contributed by atoms with E-state index in [9.17, 15) is 0 Å². The van der Waals surface area contributed by atoms with E-state index in [1.165, 1.54) is 107 Å². The molecule has 0 atom stereocenters. The van der Waals surface area contributed by atoms with Crippen molar-refractivity contribution in [3.05, 3.63) is 146 Å². The molecular weight excluding hydrogens is 621 g/mol. The molecule has 12 rings (SSSR count). The molecule has 4 heteroatoms. The maximum atomic E-state index is 2.55. The average molecular weight is 645 g/mol. The van der Waals surface area contributed by atoms with E-state index in [4.69, 9.17) is 0 Å². The van der Waals surface area contributed by atoms with Crippen molar-refractivity contribution in [2.24, 2.45) is 0 Å². The quantitative estimate of drug-likeness (QED) is 0.181. The van der Waals surface area contributed by atoms with E-state index in [1.54, 1.807) is 0 Å². The second-order valence-corrected chi connectivity index (χ2v) is 14.9. The molecule has 222 valence electrons. The number of rotatable bonds is 3. The Balaban J connectivity index is 1.15. The van der Waals surface area contributed by atoms with Gasteiger partial charge in [0.1, 0.15) is 0 Å². The number of para-hydroxylation sites is 3. The maximum absolute atomic E-state index is 2.55. The Kier molecular flexibility index (Phi) is 4.77. The van der Waals surface area contributed by atoms with Gasteiger partial charge in [0.15, 0.2) is 0 Å². The Morgan fingerprint density at radius 2 is 0.979 bits per heavy atom. The van der Waals surface area contributed by atoms with Crippen LogP contribution < -0.4 is 0 Å². The number of hydrogen-bond acceptors (Lipinski definition) is 2. The van der Waals surface area contributed by atoms with Crippen LogP contribution in [-0.2, 0) is 0 Å². The number of aromatic nitrogens is 2. The van der Waals surface area contributed by atoms with Crippen molar-refractivity contribution in [2.45, 2.75) is 0 Å². The minimum absolute atomic E-state index is 1.26. The molecule has 0 aliphatic carbocycles. The van der Waals surface area contributed by atoms with E-state index in [2.05, 4.69) is 154 Å². The molecule has 0 aliphatic heterocycles. The predicted molar refractivity (Wildman–Crippen MR) is 208 cm³/mol. The number of fused-ring (bicyclic) bond motifs is 12. The van der Waals surface area contributed by atoms with Gasteiger partial charge in [0, 0.05) is 47.5 Å². The Hall–Kier alpha value is -5.68. The first-order valence-corrected chi connectivity index (χ1v) is 18.0. The summed E-state index contributed by atoms with van der Waals surface area (Å²) in [5.41, 5.74) is 11.6. The van der Waals surface area contributed by atoms with Crippen molar-refractivity contribution < 1.29 is 0 Å². The van der Waals surface area contributed by atoms with Crippen LogP contribution >= 0.6 is 22.7 Å². The van der Waals surface area contributed by atoms with E-state index in [-0.39, 0.29) is 0 Å². The third-order valence-corrected chi connectivity index (χ3v) is 12.9. The van der Waals surface area contributed by atoms with Crippen LogP contribution in [0.3, 0.4) is 0 Å². The molecule has 48 heavy (non-hydrogen) atoms. The monoisotopic (exact) mass is 644 g/mol. The third-order valence-electron chi connectivity index (χ3n) is 10.4. The van der Waals surface area contributed by atoms with Crippen LogP contribution in [0.25, 0.3) is 107 Å². The fourth-order valence-corrected chi connectivity index (χ4v) is 10.9. The summed E-state index contributed by atoms with van der Waals surface area (Å²) in [4.78, 5) is 3.97. The Bertz CT molecular complexity index is 3210. The Morgan fingerprint density at radius 3 is 1.79 bits per heavy atom. The van der Waals surface area contributed by atoms with E-state index in [0.29, 0.717) is 0 Å². The van der Waals surface area contributed by atoms with Gasteiger partial charge in [0.25, 0.3) is 0 Å². The summed E-state index contributed by atoms with van der Waals surface area (Å²) in [5.74, 6) is 0.